The Morgan fingerprint density at radius 3 is 2.69 bits per heavy atom. The summed E-state index contributed by atoms with van der Waals surface area (Å²) in [4.78, 5) is 5.56. The highest BCUT2D eigenvalue weighted by Gasteiger charge is 1.99. The van der Waals surface area contributed by atoms with Crippen molar-refractivity contribution in [2.75, 3.05) is 0 Å². The van der Waals surface area contributed by atoms with Gasteiger partial charge < -0.3 is 0 Å². The Balaban J connectivity index is 2.41. The van der Waals surface area contributed by atoms with E-state index in [0.717, 1.165) is 5.56 Å². The van der Waals surface area contributed by atoms with Crippen LogP contribution in [-0.4, -0.2) is 20.0 Å². The molecule has 0 saturated carbocycles. The van der Waals surface area contributed by atoms with Crippen molar-refractivity contribution in [2.24, 2.45) is 0 Å². The summed E-state index contributed by atoms with van der Waals surface area (Å²) in [5.74, 6) is 1.15. The van der Waals surface area contributed by atoms with Crippen LogP contribution in [0.3, 0.4) is 0 Å². The summed E-state index contributed by atoms with van der Waals surface area (Å²) in [6.45, 7) is 0. The molecule has 0 saturated heterocycles. The van der Waals surface area contributed by atoms with Gasteiger partial charge in [0.05, 0.1) is 12.4 Å². The number of alkyl halides is 1. The highest BCUT2D eigenvalue weighted by atomic mass is 35.5. The second-order valence-electron chi connectivity index (χ2n) is 2.47. The van der Waals surface area contributed by atoms with Crippen molar-refractivity contribution in [1.29, 1.82) is 0 Å². The third-order valence-electron chi connectivity index (χ3n) is 1.59. The molecule has 0 aliphatic carbocycles. The van der Waals surface area contributed by atoms with Crippen molar-refractivity contribution in [1.82, 2.24) is 20.0 Å². The van der Waals surface area contributed by atoms with Gasteiger partial charge in [-0.25, -0.2) is 4.98 Å². The molecule has 5 heteroatoms. The Hall–Kier alpha value is -1.42. The fourth-order valence-electron chi connectivity index (χ4n) is 0.987. The van der Waals surface area contributed by atoms with Crippen LogP contribution < -0.4 is 0 Å². The summed E-state index contributed by atoms with van der Waals surface area (Å²) in [5.41, 5.74) is 1.00. The minimum Gasteiger partial charge on any atom is -0.236 e. The first kappa shape index (κ1) is 8.19. The maximum absolute atomic E-state index is 5.68. The second-order valence-corrected chi connectivity index (χ2v) is 2.74. The lowest BCUT2D eigenvalue weighted by molar-refractivity contribution is 0.728. The largest absolute Gasteiger partial charge is 0.236 e. The average Bonchev–Trinajstić information content (AvgIpc) is 2.71. The van der Waals surface area contributed by atoms with Crippen LogP contribution in [0.1, 0.15) is 5.56 Å². The van der Waals surface area contributed by atoms with Gasteiger partial charge in [-0.3, -0.25) is 0 Å². The summed E-state index contributed by atoms with van der Waals surface area (Å²) >= 11 is 5.68. The van der Waals surface area contributed by atoms with E-state index >= 15 is 0 Å². The Morgan fingerprint density at radius 1 is 1.23 bits per heavy atom. The predicted molar refractivity (Wildman–Crippen MR) is 48.7 cm³/mol. The molecule has 0 spiro atoms. The molecule has 2 aromatic rings. The molecule has 2 rings (SSSR count). The van der Waals surface area contributed by atoms with Crippen molar-refractivity contribution in [3.63, 3.8) is 0 Å². The molecular weight excluding hydrogens is 188 g/mol. The first-order valence-corrected chi connectivity index (χ1v) is 4.31. The van der Waals surface area contributed by atoms with Crippen molar-refractivity contribution in [2.45, 2.75) is 5.88 Å². The Bertz CT molecular complexity index is 385. The summed E-state index contributed by atoms with van der Waals surface area (Å²) in [6, 6.07) is 3.72. The van der Waals surface area contributed by atoms with Crippen LogP contribution in [0.15, 0.2) is 30.7 Å². The molecule has 2 aromatic heterocycles. The van der Waals surface area contributed by atoms with Crippen molar-refractivity contribution in [3.8, 4) is 5.82 Å². The zero-order valence-corrected chi connectivity index (χ0v) is 7.52. The van der Waals surface area contributed by atoms with Crippen LogP contribution >= 0.6 is 11.6 Å². The number of pyridine rings is 1. The van der Waals surface area contributed by atoms with E-state index in [0.29, 0.717) is 11.7 Å². The molecule has 0 radical (unpaired) electrons. The van der Waals surface area contributed by atoms with Crippen LogP contribution in [-0.2, 0) is 5.88 Å². The van der Waals surface area contributed by atoms with Crippen LogP contribution in [0.2, 0.25) is 0 Å². The van der Waals surface area contributed by atoms with E-state index in [2.05, 4.69) is 15.2 Å². The smallest absolute Gasteiger partial charge is 0.174 e. The Labute approximate surface area is 80.2 Å². The monoisotopic (exact) mass is 194 g/mol. The van der Waals surface area contributed by atoms with Gasteiger partial charge in [-0.05, 0) is 17.7 Å². The van der Waals surface area contributed by atoms with E-state index < -0.39 is 0 Å². The molecular formula is C8H7ClN4. The molecule has 4 nitrogen and oxygen atoms in total. The van der Waals surface area contributed by atoms with Gasteiger partial charge in [0, 0.05) is 12.1 Å². The molecule has 0 aromatic carbocycles. The second kappa shape index (κ2) is 3.53. The fraction of sp³-hybridized carbons (Fsp3) is 0.125. The van der Waals surface area contributed by atoms with Crippen LogP contribution in [0.25, 0.3) is 5.82 Å². The summed E-state index contributed by atoms with van der Waals surface area (Å²) in [5, 5.41) is 7.92. The van der Waals surface area contributed by atoms with Crippen LogP contribution in [0, 0.1) is 0 Å². The molecule has 0 fully saturated rings. The first-order valence-electron chi connectivity index (χ1n) is 3.78. The summed E-state index contributed by atoms with van der Waals surface area (Å²) in [6.07, 6.45) is 4.90. The number of hydrogen-bond donors (Lipinski definition) is 0. The van der Waals surface area contributed by atoms with Crippen molar-refractivity contribution >= 4 is 11.6 Å². The molecule has 0 bridgehead atoms. The summed E-state index contributed by atoms with van der Waals surface area (Å²) in [7, 11) is 0. The van der Waals surface area contributed by atoms with Gasteiger partial charge in [-0.2, -0.15) is 10.2 Å². The molecule has 0 unspecified atom stereocenters. The van der Waals surface area contributed by atoms with E-state index in [1.165, 1.54) is 4.80 Å². The maximum Gasteiger partial charge on any atom is 0.174 e. The van der Waals surface area contributed by atoms with E-state index in [9.17, 15) is 0 Å². The predicted octanol–water partition coefficient (Wildman–Crippen LogP) is 1.40. The van der Waals surface area contributed by atoms with Crippen LogP contribution in [0.4, 0.5) is 0 Å². The molecule has 0 atom stereocenters. The highest BCUT2D eigenvalue weighted by molar-refractivity contribution is 6.17. The number of nitrogens with zero attached hydrogens (tertiary/aromatic N) is 4. The minimum atomic E-state index is 0.469. The SMILES string of the molecule is ClCc1ccnc(-n2nccn2)c1. The molecule has 2 heterocycles. The standard InChI is InChI=1S/C8H7ClN4/c9-6-7-1-2-10-8(5-7)13-11-3-4-12-13/h1-5H,6H2. The Morgan fingerprint density at radius 2 is 2.00 bits per heavy atom. The summed E-state index contributed by atoms with van der Waals surface area (Å²) < 4.78 is 0. The topological polar surface area (TPSA) is 43.6 Å². The normalized spacial score (nSPS) is 10.2. The van der Waals surface area contributed by atoms with E-state index in [1.54, 1.807) is 18.6 Å². The van der Waals surface area contributed by atoms with Gasteiger partial charge in [0.1, 0.15) is 0 Å². The van der Waals surface area contributed by atoms with E-state index in [1.807, 2.05) is 12.1 Å². The third-order valence-corrected chi connectivity index (χ3v) is 1.90. The number of halogens is 1. The molecule has 66 valence electrons. The van der Waals surface area contributed by atoms with Crippen LogP contribution in [0.5, 0.6) is 0 Å². The van der Waals surface area contributed by atoms with Gasteiger partial charge >= 0.3 is 0 Å². The average molecular weight is 195 g/mol. The van der Waals surface area contributed by atoms with Crippen molar-refractivity contribution in [3.05, 3.63) is 36.3 Å². The van der Waals surface area contributed by atoms with Gasteiger partial charge in [-0.15, -0.1) is 16.4 Å². The number of hydrogen-bond acceptors (Lipinski definition) is 3. The molecule has 13 heavy (non-hydrogen) atoms. The van der Waals surface area contributed by atoms with Gasteiger partial charge in [0.25, 0.3) is 0 Å². The highest BCUT2D eigenvalue weighted by Crippen LogP contribution is 2.06. The molecule has 0 aliphatic heterocycles. The van der Waals surface area contributed by atoms with Crippen molar-refractivity contribution < 1.29 is 0 Å². The number of rotatable bonds is 2. The molecule has 0 aliphatic rings. The quantitative estimate of drug-likeness (QED) is 0.679. The van der Waals surface area contributed by atoms with Gasteiger partial charge in [0.2, 0.25) is 0 Å². The van der Waals surface area contributed by atoms with E-state index in [-0.39, 0.29) is 0 Å². The zero-order chi connectivity index (χ0) is 9.10. The maximum atomic E-state index is 5.68. The minimum absolute atomic E-state index is 0.469. The van der Waals surface area contributed by atoms with Gasteiger partial charge in [0.15, 0.2) is 5.82 Å². The lowest BCUT2D eigenvalue weighted by atomic mass is 10.3. The van der Waals surface area contributed by atoms with Gasteiger partial charge in [-0.1, -0.05) is 0 Å². The first-order chi connectivity index (χ1) is 6.40. The third kappa shape index (κ3) is 1.67. The number of aromatic nitrogens is 4. The molecule has 0 N–H and O–H groups in total. The molecule has 0 amide bonds. The zero-order valence-electron chi connectivity index (χ0n) is 6.76. The lowest BCUT2D eigenvalue weighted by Crippen LogP contribution is -2.01. The van der Waals surface area contributed by atoms with E-state index in [4.69, 9.17) is 11.6 Å². The lowest BCUT2D eigenvalue weighted by Gasteiger charge is -1.99. The fourth-order valence-corrected chi connectivity index (χ4v) is 1.15. The Kier molecular flexibility index (Phi) is 2.23.